The lowest BCUT2D eigenvalue weighted by molar-refractivity contribution is -0.235. The van der Waals surface area contributed by atoms with Crippen LogP contribution in [0.5, 0.6) is 17.2 Å². The first-order valence-corrected chi connectivity index (χ1v) is 11.6. The fraction of sp³-hybridized carbons (Fsp3) is 0.480. The Kier molecular flexibility index (Phi) is 6.32. The monoisotopic (exact) mass is 487 g/mol. The van der Waals surface area contributed by atoms with Gasteiger partial charge in [0, 0.05) is 24.2 Å². The van der Waals surface area contributed by atoms with E-state index in [1.165, 1.54) is 12.7 Å². The van der Waals surface area contributed by atoms with Crippen molar-refractivity contribution in [3.05, 3.63) is 52.6 Å². The molecule has 0 amide bonds. The Morgan fingerprint density at radius 1 is 1.11 bits per heavy atom. The summed E-state index contributed by atoms with van der Waals surface area (Å²) in [6.07, 6.45) is -5.78. The van der Waals surface area contributed by atoms with Crippen molar-refractivity contribution in [2.75, 3.05) is 26.8 Å². The summed E-state index contributed by atoms with van der Waals surface area (Å²) >= 11 is 0. The van der Waals surface area contributed by atoms with Gasteiger partial charge in [-0.25, -0.2) is 4.79 Å². The Morgan fingerprint density at radius 3 is 2.54 bits per heavy atom. The SMILES string of the molecule is COc1c(O)c(CN2CC[C@H](c3ccccc3)C2)c2c(c1O)[C@H]1O[C@H](CO)[C@@H](O)[C@H](O)[C@H]1OC2=O. The number of phenolic OH excluding ortho intramolecular Hbond substituents is 2. The number of carbonyl (C=O) groups is 1. The van der Waals surface area contributed by atoms with Crippen LogP contribution in [0.25, 0.3) is 0 Å². The minimum absolute atomic E-state index is 0.000827. The molecular weight excluding hydrogens is 458 g/mol. The molecule has 2 aromatic rings. The molecule has 0 aromatic heterocycles. The number of benzene rings is 2. The Bertz CT molecular complexity index is 1110. The first-order chi connectivity index (χ1) is 16.8. The lowest BCUT2D eigenvalue weighted by Gasteiger charge is -2.45. The van der Waals surface area contributed by atoms with Crippen LogP contribution in [0.2, 0.25) is 0 Å². The van der Waals surface area contributed by atoms with E-state index in [2.05, 4.69) is 17.0 Å². The zero-order valence-electron chi connectivity index (χ0n) is 19.2. The van der Waals surface area contributed by atoms with E-state index in [1.807, 2.05) is 18.2 Å². The van der Waals surface area contributed by atoms with Gasteiger partial charge < -0.3 is 39.7 Å². The number of methoxy groups -OCH3 is 1. The van der Waals surface area contributed by atoms with E-state index >= 15 is 0 Å². The largest absolute Gasteiger partial charge is 0.504 e. The van der Waals surface area contributed by atoms with E-state index < -0.39 is 48.8 Å². The molecule has 188 valence electrons. The van der Waals surface area contributed by atoms with E-state index in [-0.39, 0.29) is 34.7 Å². The molecule has 10 nitrogen and oxygen atoms in total. The predicted octanol–water partition coefficient (Wildman–Crippen LogP) is 0.789. The number of aromatic hydroxyl groups is 2. The second-order valence-electron chi connectivity index (χ2n) is 9.26. The summed E-state index contributed by atoms with van der Waals surface area (Å²) in [5, 5.41) is 52.3. The molecule has 35 heavy (non-hydrogen) atoms. The number of phenols is 2. The molecule has 2 aromatic carbocycles. The molecule has 0 spiro atoms. The van der Waals surface area contributed by atoms with Gasteiger partial charge in [-0.15, -0.1) is 0 Å². The molecule has 6 atom stereocenters. The average Bonchev–Trinajstić information content (AvgIpc) is 3.33. The van der Waals surface area contributed by atoms with Crippen molar-refractivity contribution in [2.24, 2.45) is 0 Å². The molecule has 0 aliphatic carbocycles. The van der Waals surface area contributed by atoms with Gasteiger partial charge in [-0.1, -0.05) is 30.3 Å². The van der Waals surface area contributed by atoms with Crippen LogP contribution in [-0.2, 0) is 16.0 Å². The van der Waals surface area contributed by atoms with Crippen molar-refractivity contribution in [1.29, 1.82) is 0 Å². The van der Waals surface area contributed by atoms with Crippen LogP contribution < -0.4 is 4.74 Å². The molecule has 5 N–H and O–H groups in total. The van der Waals surface area contributed by atoms with Gasteiger partial charge >= 0.3 is 5.97 Å². The third-order valence-corrected chi connectivity index (χ3v) is 7.27. The molecule has 3 aliphatic rings. The Morgan fingerprint density at radius 2 is 1.86 bits per heavy atom. The van der Waals surface area contributed by atoms with Crippen LogP contribution >= 0.6 is 0 Å². The van der Waals surface area contributed by atoms with E-state index in [0.29, 0.717) is 12.5 Å². The predicted molar refractivity (Wildman–Crippen MR) is 121 cm³/mol. The Hall–Kier alpha value is -2.89. The molecule has 0 saturated carbocycles. The number of hydrogen-bond acceptors (Lipinski definition) is 10. The van der Waals surface area contributed by atoms with Crippen molar-refractivity contribution in [1.82, 2.24) is 4.90 Å². The van der Waals surface area contributed by atoms with E-state index in [4.69, 9.17) is 14.2 Å². The quantitative estimate of drug-likeness (QED) is 0.383. The van der Waals surface area contributed by atoms with Crippen LogP contribution in [0.3, 0.4) is 0 Å². The molecule has 10 heteroatoms. The topological polar surface area (TPSA) is 149 Å². The number of likely N-dealkylation sites (tertiary alicyclic amines) is 1. The van der Waals surface area contributed by atoms with Gasteiger partial charge in [-0.2, -0.15) is 0 Å². The Labute approximate surface area is 201 Å². The summed E-state index contributed by atoms with van der Waals surface area (Å²) in [5.74, 6) is -1.68. The van der Waals surface area contributed by atoms with Gasteiger partial charge in [0.2, 0.25) is 5.75 Å². The molecule has 3 heterocycles. The molecule has 5 rings (SSSR count). The molecule has 0 bridgehead atoms. The highest BCUT2D eigenvalue weighted by Gasteiger charge is 2.53. The normalized spacial score (nSPS) is 30.5. The summed E-state index contributed by atoms with van der Waals surface area (Å²) < 4.78 is 16.5. The second-order valence-corrected chi connectivity index (χ2v) is 9.26. The van der Waals surface area contributed by atoms with Gasteiger partial charge in [0.05, 0.1) is 19.3 Å². The number of carbonyl (C=O) groups excluding carboxylic acids is 1. The van der Waals surface area contributed by atoms with Crippen LogP contribution in [-0.4, -0.2) is 87.6 Å². The molecule has 2 saturated heterocycles. The van der Waals surface area contributed by atoms with Crippen LogP contribution in [0.4, 0.5) is 0 Å². The third kappa shape index (κ3) is 3.91. The zero-order valence-corrected chi connectivity index (χ0v) is 19.2. The second kappa shape index (κ2) is 9.29. The zero-order chi connectivity index (χ0) is 24.9. The number of fused-ring (bicyclic) bond motifs is 3. The van der Waals surface area contributed by atoms with Crippen LogP contribution in [0, 0.1) is 0 Å². The summed E-state index contributed by atoms with van der Waals surface area (Å²) in [4.78, 5) is 15.2. The summed E-state index contributed by atoms with van der Waals surface area (Å²) in [7, 11) is 1.28. The lowest BCUT2D eigenvalue weighted by atomic mass is 9.84. The number of aliphatic hydroxyl groups excluding tert-OH is 3. The van der Waals surface area contributed by atoms with Gasteiger partial charge in [0.1, 0.15) is 24.4 Å². The molecule has 0 unspecified atom stereocenters. The van der Waals surface area contributed by atoms with Gasteiger partial charge in [0.25, 0.3) is 0 Å². The smallest absolute Gasteiger partial charge is 0.339 e. The third-order valence-electron chi connectivity index (χ3n) is 7.27. The van der Waals surface area contributed by atoms with Crippen molar-refractivity contribution >= 4 is 5.97 Å². The van der Waals surface area contributed by atoms with Crippen LogP contribution in [0.15, 0.2) is 30.3 Å². The molecule has 3 aliphatic heterocycles. The highest BCUT2D eigenvalue weighted by atomic mass is 16.6. The number of rotatable bonds is 5. The maximum atomic E-state index is 13.1. The van der Waals surface area contributed by atoms with Gasteiger partial charge in [-0.05, 0) is 24.4 Å². The fourth-order valence-corrected chi connectivity index (χ4v) is 5.46. The summed E-state index contributed by atoms with van der Waals surface area (Å²) in [6, 6.07) is 10.1. The van der Waals surface area contributed by atoms with Gasteiger partial charge in [-0.3, -0.25) is 4.90 Å². The highest BCUT2D eigenvalue weighted by Crippen LogP contribution is 2.52. The number of nitrogens with zero attached hydrogens (tertiary/aromatic N) is 1. The van der Waals surface area contributed by atoms with Crippen molar-refractivity contribution in [2.45, 2.75) is 49.4 Å². The first-order valence-electron chi connectivity index (χ1n) is 11.6. The van der Waals surface area contributed by atoms with Gasteiger partial charge in [0.15, 0.2) is 17.6 Å². The fourth-order valence-electron chi connectivity index (χ4n) is 5.46. The molecule has 2 fully saturated rings. The number of aliphatic hydroxyl groups is 3. The lowest BCUT2D eigenvalue weighted by Crippen LogP contribution is -2.58. The minimum atomic E-state index is -1.55. The molecular formula is C25H29NO9. The number of hydrogen-bond donors (Lipinski definition) is 5. The van der Waals surface area contributed by atoms with Crippen molar-refractivity contribution < 1.29 is 44.5 Å². The number of esters is 1. The summed E-state index contributed by atoms with van der Waals surface area (Å²) in [6.45, 7) is 1.03. The maximum absolute atomic E-state index is 13.1. The Balaban J connectivity index is 1.54. The van der Waals surface area contributed by atoms with Crippen molar-refractivity contribution in [3.63, 3.8) is 0 Å². The first kappa shape index (κ1) is 23.8. The van der Waals surface area contributed by atoms with E-state index in [9.17, 15) is 30.3 Å². The maximum Gasteiger partial charge on any atom is 0.339 e. The van der Waals surface area contributed by atoms with E-state index in [0.717, 1.165) is 13.0 Å². The van der Waals surface area contributed by atoms with Crippen LogP contribution in [0.1, 0.15) is 45.5 Å². The standard InChI is InChI=1S/C25H29NO9/c1-33-23-18(28)14(10-26-8-7-13(9-26)12-5-3-2-4-6-12)16-17(20(23)30)22-24(35-25(16)32)21(31)19(29)15(11-27)34-22/h2-6,13,15,19,21-22,24,27-31H,7-11H2,1H3/t13-,15+,19+,21-,22+,24+/m0/s1. The average molecular weight is 488 g/mol. The highest BCUT2D eigenvalue weighted by molar-refractivity contribution is 5.97. The minimum Gasteiger partial charge on any atom is -0.504 e. The summed E-state index contributed by atoms with van der Waals surface area (Å²) in [5.41, 5.74) is 1.37. The number of ether oxygens (including phenoxy) is 3. The van der Waals surface area contributed by atoms with Crippen molar-refractivity contribution in [3.8, 4) is 17.2 Å². The van der Waals surface area contributed by atoms with E-state index in [1.54, 1.807) is 0 Å². The molecule has 0 radical (unpaired) electrons.